The third kappa shape index (κ3) is 30.4. The lowest BCUT2D eigenvalue weighted by atomic mass is 9.80. The molecule has 124 heavy (non-hydrogen) atoms. The van der Waals surface area contributed by atoms with Crippen LogP contribution in [-0.4, -0.2) is 159 Å². The summed E-state index contributed by atoms with van der Waals surface area (Å²) in [5.74, 6) is 11.0. The van der Waals surface area contributed by atoms with Crippen LogP contribution in [0.15, 0.2) is 188 Å². The zero-order chi connectivity index (χ0) is 79.3. The van der Waals surface area contributed by atoms with Crippen LogP contribution in [-0.2, 0) is 19.0 Å². The van der Waals surface area contributed by atoms with Crippen molar-refractivity contribution >= 4 is 74.8 Å². The van der Waals surface area contributed by atoms with Crippen LogP contribution in [0.4, 0.5) is 21.0 Å². The fourth-order valence-corrected chi connectivity index (χ4v) is 13.5. The van der Waals surface area contributed by atoms with E-state index in [1.54, 1.807) is 28.9 Å². The van der Waals surface area contributed by atoms with Crippen molar-refractivity contribution in [2.45, 2.75) is 217 Å². The van der Waals surface area contributed by atoms with Crippen molar-refractivity contribution in [1.29, 1.82) is 0 Å². The molecule has 26 heteroatoms. The molecule has 0 saturated carbocycles. The molecule has 8 heterocycles. The van der Waals surface area contributed by atoms with Crippen molar-refractivity contribution < 1.29 is 52.9 Å². The second-order valence-corrected chi connectivity index (χ2v) is 29.9. The molecule has 9 aromatic rings. The van der Waals surface area contributed by atoms with E-state index in [4.69, 9.17) is 46.9 Å². The summed E-state index contributed by atoms with van der Waals surface area (Å²) < 4.78 is 35.1. The molecule has 6 aliphatic rings. The van der Waals surface area contributed by atoms with Crippen molar-refractivity contribution in [3.05, 3.63) is 244 Å². The molecule has 3 fully saturated rings. The highest BCUT2D eigenvalue weighted by Gasteiger charge is 2.43. The molecule has 0 bridgehead atoms. The average Bonchev–Trinajstić information content (AvgIpc) is 1.84. The molecule has 668 valence electrons. The van der Waals surface area contributed by atoms with E-state index in [-0.39, 0.29) is 113 Å². The molecule has 24 nitrogen and oxygen atoms in total. The maximum absolute atomic E-state index is 12.5. The number of piperidine rings is 3. The highest BCUT2D eigenvalue weighted by Crippen LogP contribution is 2.47. The van der Waals surface area contributed by atoms with Gasteiger partial charge in [0.2, 0.25) is 11.6 Å². The van der Waals surface area contributed by atoms with Crippen LogP contribution in [0.3, 0.4) is 0 Å². The molecule has 6 aliphatic heterocycles. The summed E-state index contributed by atoms with van der Waals surface area (Å²) in [4.78, 5) is 45.9. The summed E-state index contributed by atoms with van der Waals surface area (Å²) in [5, 5.41) is 50.0. The number of para-hydroxylation sites is 3. The Hall–Kier alpha value is -12.2. The van der Waals surface area contributed by atoms with Crippen molar-refractivity contribution in [2.24, 2.45) is 0 Å². The number of tetrazole rings is 2. The van der Waals surface area contributed by atoms with Gasteiger partial charge in [-0.3, -0.25) is 4.79 Å². The molecule has 2 aromatic heterocycles. The lowest BCUT2D eigenvalue weighted by Crippen LogP contribution is -2.50. The van der Waals surface area contributed by atoms with Crippen LogP contribution in [0, 0.1) is 37.0 Å². The van der Waals surface area contributed by atoms with E-state index in [9.17, 15) is 14.4 Å². The van der Waals surface area contributed by atoms with Crippen LogP contribution in [0.2, 0.25) is 0 Å². The number of likely N-dealkylation sites (tertiary alicyclic amines) is 2. The van der Waals surface area contributed by atoms with Crippen molar-refractivity contribution in [3.8, 4) is 63.9 Å². The van der Waals surface area contributed by atoms with Crippen molar-refractivity contribution in [1.82, 2.24) is 56.4 Å². The number of ether oxygens (including phenoxy) is 6. The zero-order valence-corrected chi connectivity index (χ0v) is 65.1. The number of carbonyl (C=O) groups is 3. The number of amides is 2. The minimum atomic E-state index is -1.45. The molecule has 0 radical (unpaired) electrons. The number of esters is 1. The maximum atomic E-state index is 12.5. The largest absolute Gasteiger partial charge is 0.488 e. The van der Waals surface area contributed by atoms with Crippen molar-refractivity contribution in [2.75, 3.05) is 44.6 Å². The van der Waals surface area contributed by atoms with Crippen molar-refractivity contribution in [3.63, 3.8) is 0 Å². The van der Waals surface area contributed by atoms with Gasteiger partial charge in [-0.1, -0.05) is 263 Å². The second kappa shape index (κ2) is 52.3. The molecule has 3 spiro atoms. The third-order valence-electron chi connectivity index (χ3n) is 18.8. The van der Waals surface area contributed by atoms with Gasteiger partial charge in [-0.2, -0.15) is 10.4 Å². The van der Waals surface area contributed by atoms with Gasteiger partial charge < -0.3 is 53.6 Å². The highest BCUT2D eigenvalue weighted by molar-refractivity contribution is 9.09. The third-order valence-corrected chi connectivity index (χ3v) is 19.4. The maximum Gasteiger partial charge on any atom is 0.488 e. The first-order chi connectivity index (χ1) is 54.0. The summed E-state index contributed by atoms with van der Waals surface area (Å²) in [7, 11) is -1.45. The Balaban J connectivity index is 0. The summed E-state index contributed by atoms with van der Waals surface area (Å²) in [6, 6.07) is 54.7. The Morgan fingerprint density at radius 3 is 1.14 bits per heavy atom. The van der Waals surface area contributed by atoms with E-state index < -0.39 is 29.5 Å². The molecular formula is C98H135BBrN13O11. The second-order valence-electron chi connectivity index (χ2n) is 29.1. The first kappa shape index (κ1) is 114. The fourth-order valence-electron chi connectivity index (χ4n) is 13.2. The number of nitrogens with zero attached hydrogens (tertiary/aromatic N) is 10. The number of aromatic amines is 2. The van der Waals surface area contributed by atoms with Gasteiger partial charge in [-0.15, -0.1) is 20.4 Å². The predicted molar refractivity (Wildman–Crippen MR) is 512 cm³/mol. The highest BCUT2D eigenvalue weighted by atomic mass is 79.9. The Labute approximate surface area is 749 Å². The fraction of sp³-hybridized carbons (Fsp3) is 0.398. The van der Waals surface area contributed by atoms with Gasteiger partial charge in [0.15, 0.2) is 11.4 Å². The molecule has 0 atom stereocenters. The van der Waals surface area contributed by atoms with Crippen LogP contribution in [0.1, 0.15) is 222 Å². The van der Waals surface area contributed by atoms with Crippen LogP contribution in [0.5, 0.6) is 17.2 Å². The molecule has 7 aromatic carbocycles. The average molecular weight is 1760 g/mol. The summed E-state index contributed by atoms with van der Waals surface area (Å²) >= 11 is 3.20. The van der Waals surface area contributed by atoms with Crippen LogP contribution in [0.25, 0.3) is 49.2 Å². The van der Waals surface area contributed by atoms with Gasteiger partial charge in [-0.25, -0.2) is 19.3 Å². The van der Waals surface area contributed by atoms with E-state index >= 15 is 0 Å². The molecular weight excluding hydrogens is 1630 g/mol. The van der Waals surface area contributed by atoms with E-state index in [1.165, 1.54) is 23.3 Å². The lowest BCUT2D eigenvalue weighted by molar-refractivity contribution is -0.136. The van der Waals surface area contributed by atoms with E-state index in [1.807, 2.05) is 133 Å². The summed E-state index contributed by atoms with van der Waals surface area (Å²) in [6.45, 7) is 31.0. The zero-order valence-electron chi connectivity index (χ0n) is 63.5. The van der Waals surface area contributed by atoms with E-state index in [2.05, 4.69) is 174 Å². The lowest BCUT2D eigenvalue weighted by Gasteiger charge is -2.43. The number of nitrogens with one attached hydrogen (secondary N) is 3. The van der Waals surface area contributed by atoms with E-state index in [0.717, 1.165) is 105 Å². The van der Waals surface area contributed by atoms with Gasteiger partial charge in [0.25, 0.3) is 0 Å². The number of H-pyrrole nitrogens is 2. The predicted octanol–water partition coefficient (Wildman–Crippen LogP) is 22.3. The number of hydrogen-bond donors (Lipinski definition) is 5. The number of rotatable bonds is 9. The Morgan fingerprint density at radius 1 is 0.492 bits per heavy atom. The number of halogens is 1. The number of benzene rings is 7. The first-order valence-electron chi connectivity index (χ1n) is 36.9. The van der Waals surface area contributed by atoms with Gasteiger partial charge in [0, 0.05) is 110 Å². The van der Waals surface area contributed by atoms with E-state index in [0.29, 0.717) is 86.8 Å². The molecule has 5 N–H and O–H groups in total. The van der Waals surface area contributed by atoms with Crippen LogP contribution >= 0.6 is 15.9 Å². The standard InChI is InChI=1S/C25H27N5O3.C25H26N2O3.C20H19N5O.C9H9BrO2.C7H6BNO2.12CH4/c1-24(2,3)33-23(31)30-14-12-25(13-15-30)16-20(19-6-4-5-7-21(19)32-25)17-8-10-18(11-9-17)22-26-28-29-27-22;1-24(2,3)30-23(28)27-15-13-25(14-16-27)17-21(18-9-11-19(26-4)12-10-18)20-7-5-6-8-22(20)29-25;1-2-4-18-16(3-1)17(13-20(26-18)9-11-21-12-10-20)14-5-7-15(8-6-14)19-22-24-25-23-19;1-2-3-4-8-12-9(11)6-5-7-10;1-9-7-4-2-6(3-5-7)8(10)11;;;;;;;;;;;;/h4-11,16H,12-15H2,1-3H3,(H,26,27,28,29);5-12,17H,13-16H2,1-3H3;1-8,13,21H,9-12H2,(H,22,23,24,25);5-7H2,1H3;2-5,10-11H;12*1H4. The smallest absolute Gasteiger partial charge is 0.482 e. The Bertz CT molecular complexity index is 5050. The monoisotopic (exact) mass is 1760 g/mol. The number of fused-ring (bicyclic) bond motifs is 3. The summed E-state index contributed by atoms with van der Waals surface area (Å²) in [6.07, 6.45) is 14.3. The quantitative estimate of drug-likeness (QED) is 0.0224. The molecule has 0 unspecified atom stereocenters. The molecule has 15 rings (SSSR count). The molecule has 3 saturated heterocycles. The topological polar surface area (TPSA) is 283 Å². The number of hydrogen-bond acceptors (Lipinski definition) is 18. The van der Waals surface area contributed by atoms with Gasteiger partial charge in [0.05, 0.1) is 13.1 Å². The van der Waals surface area contributed by atoms with Gasteiger partial charge in [0.1, 0.15) is 51.4 Å². The Kier molecular flexibility index (Phi) is 48.1. The number of aromatic nitrogens is 8. The minimum Gasteiger partial charge on any atom is -0.482 e. The Morgan fingerprint density at radius 2 is 0.823 bits per heavy atom. The minimum absolute atomic E-state index is 0. The molecule has 2 amide bonds. The van der Waals surface area contributed by atoms with Gasteiger partial charge >= 0.3 is 25.3 Å². The SMILES string of the molecule is C.C.C.C.C.C.C.C.C.C.C.C.C1=C(c2ccc(-c3nn[nH]n3)cc2)c2ccccc2OC12CCNCC2.CC#CC#COC(=O)CCCBr.CC(C)(C)OC(=O)N1CCC2(C=C(c3ccc(-c4nn[nH]n4)cc3)c3ccccc3O2)CC1.[C-]#[N+]c1ccc(B(O)O)cc1.[C-]#[N+]c1ccc(C2=CC3(CCN(C(=O)OC(C)(C)C)CC3)Oc3ccccc32)cc1. The van der Waals surface area contributed by atoms with Crippen LogP contribution < -0.4 is 25.0 Å². The number of alkyl halides is 1. The van der Waals surface area contributed by atoms with Gasteiger partial charge in [-0.05, 0) is 160 Å². The number of carbonyl (C=O) groups excluding carboxylic acids is 3. The molecule has 0 aliphatic carbocycles. The normalized spacial score (nSPS) is 14.0. The summed E-state index contributed by atoms with van der Waals surface area (Å²) in [5.41, 5.74) is 11.3. The first-order valence-corrected chi connectivity index (χ1v) is 38.0.